The standard InChI is InChI=1S/C38H46N8O6S2/c1-20(2)32(43-37(49)50)35(47)45-13-5-7-24(45)19-40-18-23(39)10-11-25-16-30-31(53-25)17-29(54-30)22-9-12-26-27(15-22)42-34(41-26)28-8-6-14-46(28)36(48)33(21(3)4)44-38(51)52/h9,12,15-18,20-21,24,28,32-33,40,43-44H,5-8,13-14,19,39H2,1-4H3,(H,41,42)(H,49,50)(H,51,52)/b23-18-/t24-,28?,32-,33-/m1/s1. The van der Waals surface area contributed by atoms with Crippen LogP contribution < -0.4 is 21.7 Å². The Balaban J connectivity index is 1.08. The molecule has 4 atom stereocenters. The van der Waals surface area contributed by atoms with Crippen LogP contribution in [0.25, 0.3) is 30.9 Å². The number of nitrogens with two attached hydrogens (primary N) is 1. The van der Waals surface area contributed by atoms with Crippen LogP contribution >= 0.6 is 22.7 Å². The second-order valence-electron chi connectivity index (χ2n) is 14.4. The van der Waals surface area contributed by atoms with Crippen molar-refractivity contribution in [2.24, 2.45) is 17.6 Å². The zero-order valence-electron chi connectivity index (χ0n) is 30.6. The molecule has 0 saturated carbocycles. The summed E-state index contributed by atoms with van der Waals surface area (Å²) in [5.41, 5.74) is 9.26. The van der Waals surface area contributed by atoms with E-state index in [-0.39, 0.29) is 35.7 Å². The largest absolute Gasteiger partial charge is 0.465 e. The van der Waals surface area contributed by atoms with Gasteiger partial charge in [0.2, 0.25) is 11.8 Å². The Morgan fingerprint density at radius 1 is 0.944 bits per heavy atom. The summed E-state index contributed by atoms with van der Waals surface area (Å²) < 4.78 is 2.22. The maximum atomic E-state index is 13.4. The number of imidazole rings is 1. The highest BCUT2D eigenvalue weighted by Crippen LogP contribution is 2.39. The first-order chi connectivity index (χ1) is 25.8. The number of nitrogens with zero attached hydrogens (tertiary/aromatic N) is 3. The lowest BCUT2D eigenvalue weighted by Crippen LogP contribution is -2.53. The van der Waals surface area contributed by atoms with E-state index in [1.807, 2.05) is 39.8 Å². The van der Waals surface area contributed by atoms with Gasteiger partial charge >= 0.3 is 12.2 Å². The van der Waals surface area contributed by atoms with Crippen molar-refractivity contribution in [2.75, 3.05) is 19.6 Å². The fraction of sp³-hybridized carbons (Fsp3) is 0.447. The Hall–Kier alpha value is -5.27. The first-order valence-corrected chi connectivity index (χ1v) is 19.8. The normalized spacial score (nSPS) is 18.6. The lowest BCUT2D eigenvalue weighted by molar-refractivity contribution is -0.136. The van der Waals surface area contributed by atoms with Crippen LogP contribution in [0.3, 0.4) is 0 Å². The van der Waals surface area contributed by atoms with Gasteiger partial charge in [-0.15, -0.1) is 22.7 Å². The molecule has 2 fully saturated rings. The molecule has 0 aliphatic carbocycles. The lowest BCUT2D eigenvalue weighted by atomic mass is 10.0. The number of thiophene rings is 2. The van der Waals surface area contributed by atoms with Crippen LogP contribution in [0.4, 0.5) is 9.59 Å². The monoisotopic (exact) mass is 774 g/mol. The van der Waals surface area contributed by atoms with Crippen molar-refractivity contribution >= 4 is 67.1 Å². The molecule has 2 aliphatic heterocycles. The summed E-state index contributed by atoms with van der Waals surface area (Å²) in [6, 6.07) is 8.37. The Bertz CT molecular complexity index is 2110. The average molecular weight is 775 g/mol. The molecule has 3 aromatic heterocycles. The number of benzene rings is 1. The highest BCUT2D eigenvalue weighted by atomic mass is 32.1. The molecule has 0 spiro atoms. The maximum absolute atomic E-state index is 13.4. The molecule has 1 unspecified atom stereocenters. The molecule has 4 aromatic rings. The highest BCUT2D eigenvalue weighted by Gasteiger charge is 2.38. The van der Waals surface area contributed by atoms with E-state index >= 15 is 0 Å². The zero-order chi connectivity index (χ0) is 38.7. The Kier molecular flexibility index (Phi) is 11.7. The van der Waals surface area contributed by atoms with E-state index in [2.05, 4.69) is 51.0 Å². The molecular formula is C38H46N8O6S2. The van der Waals surface area contributed by atoms with Crippen molar-refractivity contribution in [3.63, 3.8) is 0 Å². The molecule has 54 heavy (non-hydrogen) atoms. The van der Waals surface area contributed by atoms with E-state index < -0.39 is 24.3 Å². The van der Waals surface area contributed by atoms with E-state index in [0.717, 1.165) is 61.4 Å². The quantitative estimate of drug-likeness (QED) is 0.0962. The third-order valence-corrected chi connectivity index (χ3v) is 12.1. The van der Waals surface area contributed by atoms with Crippen LogP contribution in [0.1, 0.15) is 70.1 Å². The van der Waals surface area contributed by atoms with Gasteiger partial charge in [0.15, 0.2) is 0 Å². The summed E-state index contributed by atoms with van der Waals surface area (Å²) in [5, 5.41) is 26.4. The summed E-state index contributed by atoms with van der Waals surface area (Å²) in [5.74, 6) is 6.06. The van der Waals surface area contributed by atoms with Crippen molar-refractivity contribution in [1.29, 1.82) is 0 Å². The summed E-state index contributed by atoms with van der Waals surface area (Å²) in [6.07, 6.45) is 2.45. The summed E-state index contributed by atoms with van der Waals surface area (Å²) >= 11 is 3.26. The van der Waals surface area contributed by atoms with Gasteiger partial charge in [-0.3, -0.25) is 9.59 Å². The van der Waals surface area contributed by atoms with Gasteiger partial charge < -0.3 is 46.7 Å². The predicted molar refractivity (Wildman–Crippen MR) is 210 cm³/mol. The minimum atomic E-state index is -1.21. The molecule has 16 heteroatoms. The zero-order valence-corrected chi connectivity index (χ0v) is 32.3. The van der Waals surface area contributed by atoms with Crippen molar-refractivity contribution in [3.8, 4) is 22.3 Å². The predicted octanol–water partition coefficient (Wildman–Crippen LogP) is 5.49. The van der Waals surface area contributed by atoms with Gasteiger partial charge in [-0.25, -0.2) is 14.6 Å². The molecule has 14 nitrogen and oxygen atoms in total. The van der Waals surface area contributed by atoms with Crippen molar-refractivity contribution in [3.05, 3.63) is 52.9 Å². The number of amides is 4. The molecule has 2 aliphatic rings. The number of allylic oxidation sites excluding steroid dienone is 1. The molecule has 0 radical (unpaired) electrons. The molecule has 5 heterocycles. The minimum absolute atomic E-state index is 0.0685. The summed E-state index contributed by atoms with van der Waals surface area (Å²) in [4.78, 5) is 62.9. The fourth-order valence-electron chi connectivity index (χ4n) is 7.15. The number of likely N-dealkylation sites (tertiary alicyclic amines) is 2. The van der Waals surface area contributed by atoms with Crippen molar-refractivity contribution in [2.45, 2.75) is 77.5 Å². The highest BCUT2D eigenvalue weighted by molar-refractivity contribution is 7.29. The molecule has 4 amide bonds. The molecule has 1 aromatic carbocycles. The van der Waals surface area contributed by atoms with Crippen LogP contribution in [0.2, 0.25) is 0 Å². The van der Waals surface area contributed by atoms with Gasteiger partial charge in [-0.05, 0) is 79.2 Å². The second kappa shape index (κ2) is 16.4. The van der Waals surface area contributed by atoms with Gasteiger partial charge in [0, 0.05) is 46.2 Å². The number of hydrogen-bond acceptors (Lipinski definition) is 9. The van der Waals surface area contributed by atoms with Gasteiger partial charge in [0.1, 0.15) is 17.9 Å². The van der Waals surface area contributed by atoms with E-state index in [9.17, 15) is 29.4 Å². The molecule has 0 bridgehead atoms. The van der Waals surface area contributed by atoms with Crippen LogP contribution in [0.5, 0.6) is 0 Å². The summed E-state index contributed by atoms with van der Waals surface area (Å²) in [7, 11) is 0. The number of carboxylic acid groups (broad SMARTS) is 2. The Morgan fingerprint density at radius 3 is 2.26 bits per heavy atom. The molecule has 2 saturated heterocycles. The van der Waals surface area contributed by atoms with Gasteiger partial charge in [-0.1, -0.05) is 33.8 Å². The topological polar surface area (TPSA) is 206 Å². The van der Waals surface area contributed by atoms with Crippen molar-refractivity contribution < 1.29 is 29.4 Å². The average Bonchev–Trinajstić information content (AvgIpc) is 3.95. The molecular weight excluding hydrogens is 729 g/mol. The van der Waals surface area contributed by atoms with Crippen LogP contribution in [-0.2, 0) is 9.59 Å². The van der Waals surface area contributed by atoms with Gasteiger partial charge in [0.05, 0.1) is 27.6 Å². The minimum Gasteiger partial charge on any atom is -0.465 e. The van der Waals surface area contributed by atoms with Gasteiger partial charge in [0.25, 0.3) is 0 Å². The van der Waals surface area contributed by atoms with E-state index in [4.69, 9.17) is 10.7 Å². The van der Waals surface area contributed by atoms with E-state index in [1.54, 1.807) is 38.7 Å². The van der Waals surface area contributed by atoms with Crippen LogP contribution in [0.15, 0.2) is 42.2 Å². The SMILES string of the molecule is CC(C)[C@@H](NC(=O)O)C(=O)N1CCCC1c1nc2cc(-c3cc4sc(C#C/C(N)=C/NC[C@H]5CCCN5C(=O)[C@H](NC(=O)O)C(C)C)cc4s3)ccc2[nH]1. The fourth-order valence-corrected chi connectivity index (χ4v) is 9.40. The number of hydrogen-bond donors (Lipinski definition) is 7. The Labute approximate surface area is 321 Å². The molecule has 8 N–H and O–H groups in total. The van der Waals surface area contributed by atoms with Crippen LogP contribution in [0, 0.1) is 23.7 Å². The number of carbonyl (C=O) groups excluding carboxylic acids is 2. The smallest absolute Gasteiger partial charge is 0.405 e. The third kappa shape index (κ3) is 8.58. The lowest BCUT2D eigenvalue weighted by Gasteiger charge is -2.30. The number of aromatic amines is 1. The first-order valence-electron chi connectivity index (χ1n) is 18.1. The maximum Gasteiger partial charge on any atom is 0.405 e. The Morgan fingerprint density at radius 2 is 1.59 bits per heavy atom. The molecule has 6 rings (SSSR count). The second-order valence-corrected chi connectivity index (χ2v) is 16.6. The van der Waals surface area contributed by atoms with E-state index in [1.165, 1.54) is 0 Å². The number of carbonyl (C=O) groups is 4. The third-order valence-electron chi connectivity index (χ3n) is 9.87. The molecule has 286 valence electrons. The van der Waals surface area contributed by atoms with Crippen LogP contribution in [-0.4, -0.2) is 91.7 Å². The number of aromatic nitrogens is 2. The number of rotatable bonds is 11. The number of H-pyrrole nitrogens is 1. The van der Waals surface area contributed by atoms with Gasteiger partial charge in [-0.2, -0.15) is 0 Å². The number of nitrogens with one attached hydrogen (secondary N) is 4. The van der Waals surface area contributed by atoms with E-state index in [0.29, 0.717) is 31.2 Å². The number of fused-ring (bicyclic) bond motifs is 2. The summed E-state index contributed by atoms with van der Waals surface area (Å²) in [6.45, 7) is 8.93. The first kappa shape index (κ1) is 38.5. The van der Waals surface area contributed by atoms with Crippen molar-refractivity contribution in [1.82, 2.24) is 35.7 Å².